The number of rotatable bonds is 3. The van der Waals surface area contributed by atoms with Gasteiger partial charge in [0.15, 0.2) is 5.82 Å². The van der Waals surface area contributed by atoms with Crippen LogP contribution in [0.4, 0.5) is 5.82 Å². The Balaban J connectivity index is 1.59. The number of anilines is 1. The van der Waals surface area contributed by atoms with Gasteiger partial charge in [0.1, 0.15) is 6.04 Å². The summed E-state index contributed by atoms with van der Waals surface area (Å²) in [7, 11) is 0. The van der Waals surface area contributed by atoms with Crippen LogP contribution < -0.4 is 10.6 Å². The Bertz CT molecular complexity index is 517. The molecule has 1 aliphatic heterocycles. The number of nitrogens with one attached hydrogen (secondary N) is 3. The third-order valence-corrected chi connectivity index (χ3v) is 4.46. The minimum absolute atomic E-state index is 0.0590. The molecule has 6 heteroatoms. The Labute approximate surface area is 124 Å². The number of H-pyrrole nitrogens is 1. The van der Waals surface area contributed by atoms with Gasteiger partial charge in [-0.3, -0.25) is 14.7 Å². The highest BCUT2D eigenvalue weighted by atomic mass is 16.2. The normalized spacial score (nSPS) is 23.6. The largest absolute Gasteiger partial charge is 0.344 e. The van der Waals surface area contributed by atoms with Gasteiger partial charge in [0.05, 0.1) is 0 Å². The smallest absolute Gasteiger partial charge is 0.248 e. The Kier molecular flexibility index (Phi) is 4.22. The monoisotopic (exact) mass is 290 g/mol. The van der Waals surface area contributed by atoms with Crippen LogP contribution in [0.1, 0.15) is 63.0 Å². The van der Waals surface area contributed by atoms with Gasteiger partial charge in [-0.1, -0.05) is 25.7 Å². The van der Waals surface area contributed by atoms with Crippen LogP contribution in [0.15, 0.2) is 6.07 Å². The van der Waals surface area contributed by atoms with Gasteiger partial charge in [0.2, 0.25) is 11.8 Å². The van der Waals surface area contributed by atoms with Crippen molar-refractivity contribution in [3.63, 3.8) is 0 Å². The molecule has 2 fully saturated rings. The van der Waals surface area contributed by atoms with E-state index in [-0.39, 0.29) is 11.8 Å². The molecular weight excluding hydrogens is 268 g/mol. The van der Waals surface area contributed by atoms with E-state index >= 15 is 0 Å². The van der Waals surface area contributed by atoms with Gasteiger partial charge in [-0.25, -0.2) is 0 Å². The summed E-state index contributed by atoms with van der Waals surface area (Å²) in [6, 6.07) is 1.51. The van der Waals surface area contributed by atoms with Crippen LogP contribution in [0.5, 0.6) is 0 Å². The number of amides is 2. The van der Waals surface area contributed by atoms with Gasteiger partial charge in [-0.15, -0.1) is 0 Å². The topological polar surface area (TPSA) is 86.9 Å². The highest BCUT2D eigenvalue weighted by Gasteiger charge is 2.27. The zero-order valence-electron chi connectivity index (χ0n) is 12.2. The van der Waals surface area contributed by atoms with Crippen molar-refractivity contribution in [1.29, 1.82) is 0 Å². The molecule has 1 aromatic heterocycles. The summed E-state index contributed by atoms with van der Waals surface area (Å²) in [5.74, 6) is 0.841. The summed E-state index contributed by atoms with van der Waals surface area (Å²) in [6.07, 6.45) is 8.52. The van der Waals surface area contributed by atoms with Crippen LogP contribution in [0.25, 0.3) is 0 Å². The Morgan fingerprint density at radius 2 is 1.95 bits per heavy atom. The molecule has 0 bridgehead atoms. The molecule has 21 heavy (non-hydrogen) atoms. The third-order valence-electron chi connectivity index (χ3n) is 4.46. The van der Waals surface area contributed by atoms with E-state index in [1.807, 2.05) is 6.07 Å². The Morgan fingerprint density at radius 1 is 1.19 bits per heavy atom. The average molecular weight is 290 g/mol. The second kappa shape index (κ2) is 6.28. The molecule has 3 rings (SSSR count). The summed E-state index contributed by atoms with van der Waals surface area (Å²) < 4.78 is 0. The van der Waals surface area contributed by atoms with Gasteiger partial charge in [-0.05, 0) is 19.3 Å². The van der Waals surface area contributed by atoms with Crippen LogP contribution in [0.2, 0.25) is 0 Å². The second-order valence-corrected chi connectivity index (χ2v) is 6.05. The van der Waals surface area contributed by atoms with Crippen molar-refractivity contribution in [2.75, 3.05) is 5.32 Å². The first-order chi connectivity index (χ1) is 10.2. The molecule has 0 spiro atoms. The Hall–Kier alpha value is -1.85. The first kappa shape index (κ1) is 14.1. The van der Waals surface area contributed by atoms with E-state index in [1.54, 1.807) is 0 Å². The molecule has 0 radical (unpaired) electrons. The maximum absolute atomic E-state index is 12.0. The van der Waals surface area contributed by atoms with Crippen LogP contribution in [0, 0.1) is 0 Å². The van der Waals surface area contributed by atoms with E-state index in [4.69, 9.17) is 0 Å². The fourth-order valence-corrected chi connectivity index (χ4v) is 3.22. The number of hydrogen-bond acceptors (Lipinski definition) is 3. The molecule has 1 aliphatic carbocycles. The van der Waals surface area contributed by atoms with Crippen molar-refractivity contribution < 1.29 is 9.59 Å². The molecule has 6 nitrogen and oxygen atoms in total. The van der Waals surface area contributed by atoms with Gasteiger partial charge in [0.25, 0.3) is 0 Å². The van der Waals surface area contributed by atoms with Crippen LogP contribution in [-0.2, 0) is 9.59 Å². The maximum Gasteiger partial charge on any atom is 0.248 e. The van der Waals surface area contributed by atoms with Crippen LogP contribution >= 0.6 is 0 Å². The number of aromatic amines is 1. The molecular formula is C15H22N4O2. The molecule has 2 amide bonds. The number of nitrogens with zero attached hydrogens (tertiary/aromatic N) is 1. The lowest BCUT2D eigenvalue weighted by atomic mass is 9.97. The molecule has 114 valence electrons. The van der Waals surface area contributed by atoms with Gasteiger partial charge < -0.3 is 10.6 Å². The average Bonchev–Trinajstić information content (AvgIpc) is 3.01. The van der Waals surface area contributed by atoms with Crippen LogP contribution in [0.3, 0.4) is 0 Å². The first-order valence-corrected chi connectivity index (χ1v) is 7.88. The number of aromatic nitrogens is 2. The number of hydrogen-bond donors (Lipinski definition) is 3. The lowest BCUT2D eigenvalue weighted by Gasteiger charge is -2.10. The molecule has 1 saturated heterocycles. The molecule has 2 aliphatic rings. The standard InChI is InChI=1S/C15H22N4O2/c20-14-8-7-11(16-14)15(21)17-13-9-12(18-19-13)10-5-3-1-2-4-6-10/h9-11H,1-8H2,(H,16,20)(H2,17,18,19,21). The molecule has 1 atom stereocenters. The first-order valence-electron chi connectivity index (χ1n) is 7.88. The van der Waals surface area contributed by atoms with Crippen molar-refractivity contribution >= 4 is 17.6 Å². The number of carbonyl (C=O) groups excluding carboxylic acids is 2. The summed E-state index contributed by atoms with van der Waals surface area (Å²) in [6.45, 7) is 0. The van der Waals surface area contributed by atoms with Gasteiger partial charge in [0, 0.05) is 24.1 Å². The van der Waals surface area contributed by atoms with Crippen LogP contribution in [-0.4, -0.2) is 28.1 Å². The minimum Gasteiger partial charge on any atom is -0.344 e. The zero-order chi connectivity index (χ0) is 14.7. The van der Waals surface area contributed by atoms with Crippen molar-refractivity contribution in [2.24, 2.45) is 0 Å². The fraction of sp³-hybridized carbons (Fsp3) is 0.667. The molecule has 0 aromatic carbocycles. The maximum atomic E-state index is 12.0. The number of carbonyl (C=O) groups is 2. The third kappa shape index (κ3) is 3.43. The minimum atomic E-state index is -0.421. The molecule has 1 aromatic rings. The van der Waals surface area contributed by atoms with E-state index in [0.29, 0.717) is 24.6 Å². The van der Waals surface area contributed by atoms with Crippen molar-refractivity contribution in [3.8, 4) is 0 Å². The lowest BCUT2D eigenvalue weighted by Crippen LogP contribution is -2.37. The van der Waals surface area contributed by atoms with Gasteiger partial charge in [-0.2, -0.15) is 5.10 Å². The second-order valence-electron chi connectivity index (χ2n) is 6.05. The highest BCUT2D eigenvalue weighted by Crippen LogP contribution is 2.31. The predicted octanol–water partition coefficient (Wildman–Crippen LogP) is 2.06. The molecule has 1 saturated carbocycles. The Morgan fingerprint density at radius 3 is 2.62 bits per heavy atom. The van der Waals surface area contributed by atoms with Crippen molar-refractivity contribution in [2.45, 2.75) is 63.3 Å². The molecule has 3 N–H and O–H groups in total. The zero-order valence-corrected chi connectivity index (χ0v) is 12.2. The van der Waals surface area contributed by atoms with E-state index in [9.17, 15) is 9.59 Å². The van der Waals surface area contributed by atoms with Gasteiger partial charge >= 0.3 is 0 Å². The summed E-state index contributed by atoms with van der Waals surface area (Å²) in [5, 5.41) is 12.7. The van der Waals surface area contributed by atoms with E-state index in [2.05, 4.69) is 20.8 Å². The molecule has 1 unspecified atom stereocenters. The van der Waals surface area contributed by atoms with E-state index in [1.165, 1.54) is 38.5 Å². The van der Waals surface area contributed by atoms with Crippen molar-refractivity contribution in [1.82, 2.24) is 15.5 Å². The quantitative estimate of drug-likeness (QED) is 0.745. The predicted molar refractivity (Wildman–Crippen MR) is 78.8 cm³/mol. The summed E-state index contributed by atoms with van der Waals surface area (Å²) in [4.78, 5) is 23.2. The summed E-state index contributed by atoms with van der Waals surface area (Å²) in [5.41, 5.74) is 1.11. The van der Waals surface area contributed by atoms with E-state index < -0.39 is 6.04 Å². The van der Waals surface area contributed by atoms with Crippen molar-refractivity contribution in [3.05, 3.63) is 11.8 Å². The SMILES string of the molecule is O=C1CCC(C(=O)Nc2cc(C3CCCCCC3)[nH]n2)N1. The fourth-order valence-electron chi connectivity index (χ4n) is 3.22. The summed E-state index contributed by atoms with van der Waals surface area (Å²) >= 11 is 0. The molecule has 2 heterocycles. The lowest BCUT2D eigenvalue weighted by molar-refractivity contribution is -0.122. The van der Waals surface area contributed by atoms with E-state index in [0.717, 1.165) is 5.69 Å². The highest BCUT2D eigenvalue weighted by molar-refractivity contribution is 5.98.